The number of carbonyl (C=O) groups is 1. The zero-order valence-corrected chi connectivity index (χ0v) is 11.9. The molecule has 8 heteroatoms. The van der Waals surface area contributed by atoms with E-state index in [1.54, 1.807) is 6.07 Å². The molecule has 2 aromatic rings. The predicted molar refractivity (Wildman–Crippen MR) is 73.3 cm³/mol. The molecule has 0 radical (unpaired) electrons. The highest BCUT2D eigenvalue weighted by Crippen LogP contribution is 2.16. The van der Waals surface area contributed by atoms with Gasteiger partial charge < -0.3 is 4.74 Å². The Hall–Kier alpha value is -2.32. The highest BCUT2D eigenvalue weighted by Gasteiger charge is 2.18. The normalized spacial score (nSPS) is 11.2. The van der Waals surface area contributed by atoms with Crippen LogP contribution in [0.1, 0.15) is 15.9 Å². The highest BCUT2D eigenvalue weighted by molar-refractivity contribution is 7.89. The Balaban J connectivity index is 2.21. The SMILES string of the molecule is NS(=O)(=O)c1ccc(F)c(C(=O)OCc2ccccc2F)c1. The summed E-state index contributed by atoms with van der Waals surface area (Å²) in [6.45, 7) is -0.412. The van der Waals surface area contributed by atoms with Crippen LogP contribution in [0.3, 0.4) is 0 Å². The molecular formula is C14H11F2NO4S. The Kier molecular flexibility index (Phi) is 4.53. The Bertz CT molecular complexity index is 821. The maximum absolute atomic E-state index is 13.6. The van der Waals surface area contributed by atoms with E-state index in [4.69, 9.17) is 9.88 Å². The van der Waals surface area contributed by atoms with Gasteiger partial charge in [0.2, 0.25) is 10.0 Å². The fourth-order valence-corrected chi connectivity index (χ4v) is 2.21. The van der Waals surface area contributed by atoms with E-state index in [0.29, 0.717) is 0 Å². The topological polar surface area (TPSA) is 86.5 Å². The van der Waals surface area contributed by atoms with Gasteiger partial charge in [-0.15, -0.1) is 0 Å². The lowest BCUT2D eigenvalue weighted by Crippen LogP contribution is -2.15. The van der Waals surface area contributed by atoms with Crippen molar-refractivity contribution in [3.63, 3.8) is 0 Å². The predicted octanol–water partition coefficient (Wildman–Crippen LogP) is 1.97. The average Bonchev–Trinajstić information content (AvgIpc) is 2.45. The van der Waals surface area contributed by atoms with Gasteiger partial charge >= 0.3 is 5.97 Å². The molecule has 0 saturated carbocycles. The molecule has 0 amide bonds. The van der Waals surface area contributed by atoms with E-state index in [1.165, 1.54) is 18.2 Å². The lowest BCUT2D eigenvalue weighted by molar-refractivity contribution is 0.0463. The minimum atomic E-state index is -4.08. The number of nitrogens with two attached hydrogens (primary N) is 1. The summed E-state index contributed by atoms with van der Waals surface area (Å²) in [5, 5.41) is 4.91. The molecule has 0 fully saturated rings. The quantitative estimate of drug-likeness (QED) is 0.870. The standard InChI is InChI=1S/C14H11F2NO4S/c15-12-4-2-1-3-9(12)8-21-14(18)11-7-10(22(17,19)20)5-6-13(11)16/h1-7H,8H2,(H2,17,19,20). The van der Waals surface area contributed by atoms with E-state index in [1.807, 2.05) is 0 Å². The summed E-state index contributed by atoms with van der Waals surface area (Å²) in [6, 6.07) is 8.10. The molecule has 0 bridgehead atoms. The molecule has 0 unspecified atom stereocenters. The number of esters is 1. The van der Waals surface area contributed by atoms with Gasteiger partial charge in [0.1, 0.15) is 18.2 Å². The number of carbonyl (C=O) groups excluding carboxylic acids is 1. The number of ether oxygens (including phenoxy) is 1. The molecular weight excluding hydrogens is 316 g/mol. The van der Waals surface area contributed by atoms with Crippen molar-refractivity contribution in [2.45, 2.75) is 11.5 Å². The number of halogens is 2. The van der Waals surface area contributed by atoms with Crippen LogP contribution in [0.15, 0.2) is 47.4 Å². The first-order valence-corrected chi connectivity index (χ1v) is 7.56. The molecule has 2 aromatic carbocycles. The summed E-state index contributed by atoms with van der Waals surface area (Å²) >= 11 is 0. The molecule has 2 rings (SSSR count). The minimum Gasteiger partial charge on any atom is -0.457 e. The van der Waals surface area contributed by atoms with Gasteiger partial charge in [-0.05, 0) is 24.3 Å². The van der Waals surface area contributed by atoms with Crippen LogP contribution in [-0.4, -0.2) is 14.4 Å². The summed E-state index contributed by atoms with van der Waals surface area (Å²) in [5.74, 6) is -2.66. The third-order valence-corrected chi connectivity index (χ3v) is 3.71. The Morgan fingerprint density at radius 3 is 2.41 bits per heavy atom. The van der Waals surface area contributed by atoms with Crippen molar-refractivity contribution in [3.8, 4) is 0 Å². The summed E-state index contributed by atoms with van der Waals surface area (Å²) in [7, 11) is -4.08. The molecule has 0 heterocycles. The minimum absolute atomic E-state index is 0.110. The molecule has 0 atom stereocenters. The lowest BCUT2D eigenvalue weighted by Gasteiger charge is -2.07. The number of hydrogen-bond acceptors (Lipinski definition) is 4. The molecule has 116 valence electrons. The molecule has 5 nitrogen and oxygen atoms in total. The zero-order valence-electron chi connectivity index (χ0n) is 11.1. The van der Waals surface area contributed by atoms with E-state index in [0.717, 1.165) is 18.2 Å². The van der Waals surface area contributed by atoms with Crippen LogP contribution in [0, 0.1) is 11.6 Å². The molecule has 0 spiro atoms. The first-order valence-electron chi connectivity index (χ1n) is 6.02. The Morgan fingerprint density at radius 1 is 1.09 bits per heavy atom. The van der Waals surface area contributed by atoms with Crippen LogP contribution >= 0.6 is 0 Å². The smallest absolute Gasteiger partial charge is 0.341 e. The fraction of sp³-hybridized carbons (Fsp3) is 0.0714. The van der Waals surface area contributed by atoms with Crippen molar-refractivity contribution >= 4 is 16.0 Å². The number of primary sulfonamides is 1. The van der Waals surface area contributed by atoms with E-state index in [2.05, 4.69) is 0 Å². The first-order chi connectivity index (χ1) is 10.3. The second-order valence-corrected chi connectivity index (χ2v) is 5.92. The van der Waals surface area contributed by atoms with Crippen molar-refractivity contribution < 1.29 is 26.7 Å². The number of benzene rings is 2. The number of rotatable bonds is 4. The summed E-state index contributed by atoms with van der Waals surface area (Å²) in [4.78, 5) is 11.4. The molecule has 22 heavy (non-hydrogen) atoms. The maximum Gasteiger partial charge on any atom is 0.341 e. The third kappa shape index (κ3) is 3.66. The average molecular weight is 327 g/mol. The second-order valence-electron chi connectivity index (χ2n) is 4.35. The maximum atomic E-state index is 13.6. The van der Waals surface area contributed by atoms with Gasteiger partial charge in [-0.2, -0.15) is 0 Å². The van der Waals surface area contributed by atoms with E-state index in [-0.39, 0.29) is 5.56 Å². The van der Waals surface area contributed by atoms with Gasteiger partial charge in [0.25, 0.3) is 0 Å². The second kappa shape index (κ2) is 6.20. The van der Waals surface area contributed by atoms with Gasteiger partial charge in [-0.3, -0.25) is 0 Å². The Labute approximate surface area is 125 Å². The first kappa shape index (κ1) is 16.1. The van der Waals surface area contributed by atoms with Gasteiger partial charge in [0, 0.05) is 5.56 Å². The monoisotopic (exact) mass is 327 g/mol. The number of sulfonamides is 1. The molecule has 0 aliphatic heterocycles. The third-order valence-electron chi connectivity index (χ3n) is 2.80. The zero-order chi connectivity index (χ0) is 16.3. The van der Waals surface area contributed by atoms with Crippen molar-refractivity contribution in [2.75, 3.05) is 0 Å². The molecule has 0 aliphatic carbocycles. The molecule has 0 aliphatic rings. The van der Waals surface area contributed by atoms with Crippen LogP contribution in [0.2, 0.25) is 0 Å². The number of hydrogen-bond donors (Lipinski definition) is 1. The van der Waals surface area contributed by atoms with Crippen LogP contribution < -0.4 is 5.14 Å². The molecule has 2 N–H and O–H groups in total. The highest BCUT2D eigenvalue weighted by atomic mass is 32.2. The largest absolute Gasteiger partial charge is 0.457 e. The summed E-state index contributed by atoms with van der Waals surface area (Å²) in [5.41, 5.74) is -0.485. The van der Waals surface area contributed by atoms with Crippen molar-refractivity contribution in [2.24, 2.45) is 5.14 Å². The Morgan fingerprint density at radius 2 is 1.77 bits per heavy atom. The van der Waals surface area contributed by atoms with Gasteiger partial charge in [0.05, 0.1) is 10.5 Å². The van der Waals surface area contributed by atoms with E-state index >= 15 is 0 Å². The van der Waals surface area contributed by atoms with E-state index in [9.17, 15) is 22.0 Å². The molecule has 0 saturated heterocycles. The lowest BCUT2D eigenvalue weighted by atomic mass is 10.2. The van der Waals surface area contributed by atoms with Crippen LogP contribution in [0.4, 0.5) is 8.78 Å². The van der Waals surface area contributed by atoms with Crippen molar-refractivity contribution in [1.82, 2.24) is 0 Å². The van der Waals surface area contributed by atoms with Crippen LogP contribution in [0.5, 0.6) is 0 Å². The van der Waals surface area contributed by atoms with Crippen molar-refractivity contribution in [1.29, 1.82) is 0 Å². The molecule has 0 aromatic heterocycles. The van der Waals surface area contributed by atoms with Crippen LogP contribution in [-0.2, 0) is 21.4 Å². The van der Waals surface area contributed by atoms with E-state index < -0.39 is 44.7 Å². The van der Waals surface area contributed by atoms with Crippen LogP contribution in [0.25, 0.3) is 0 Å². The van der Waals surface area contributed by atoms with Gasteiger partial charge in [-0.1, -0.05) is 18.2 Å². The summed E-state index contributed by atoms with van der Waals surface area (Å²) in [6.07, 6.45) is 0. The van der Waals surface area contributed by atoms with Crippen molar-refractivity contribution in [3.05, 3.63) is 65.2 Å². The van der Waals surface area contributed by atoms with Gasteiger partial charge in [0.15, 0.2) is 0 Å². The summed E-state index contributed by atoms with van der Waals surface area (Å²) < 4.78 is 54.2. The fourth-order valence-electron chi connectivity index (χ4n) is 1.67. The van der Waals surface area contributed by atoms with Gasteiger partial charge in [-0.25, -0.2) is 27.1 Å².